The van der Waals surface area contributed by atoms with Gasteiger partial charge in [-0.25, -0.2) is 8.42 Å². The van der Waals surface area contributed by atoms with Crippen LogP contribution >= 0.6 is 15.9 Å². The molecule has 0 bridgehead atoms. The summed E-state index contributed by atoms with van der Waals surface area (Å²) in [5, 5.41) is 0. The highest BCUT2D eigenvalue weighted by atomic mass is 79.9. The van der Waals surface area contributed by atoms with Gasteiger partial charge in [0.2, 0.25) is 10.0 Å². The fraction of sp³-hybridized carbons (Fsp3) is 0.500. The van der Waals surface area contributed by atoms with E-state index in [-0.39, 0.29) is 0 Å². The molecule has 0 radical (unpaired) electrons. The lowest BCUT2D eigenvalue weighted by Gasteiger charge is -2.27. The molecule has 1 aromatic rings. The highest BCUT2D eigenvalue weighted by Gasteiger charge is 2.28. The molecule has 0 saturated carbocycles. The smallest absolute Gasteiger partial charge is 0.243 e. The summed E-state index contributed by atoms with van der Waals surface area (Å²) < 4.78 is 32.7. The largest absolute Gasteiger partial charge is 0.379 e. The van der Waals surface area contributed by atoms with Gasteiger partial charge in [-0.3, -0.25) is 0 Å². The second-order valence-corrected chi connectivity index (χ2v) is 7.18. The molecule has 0 unspecified atom stereocenters. The highest BCUT2D eigenvalue weighted by Crippen LogP contribution is 2.28. The van der Waals surface area contributed by atoms with E-state index in [1.54, 1.807) is 13.0 Å². The minimum Gasteiger partial charge on any atom is -0.379 e. The molecule has 106 valence electrons. The topological polar surface area (TPSA) is 72.6 Å². The number of nitrogens with two attached hydrogens (primary N) is 1. The average molecular weight is 349 g/mol. The number of hydrogen-bond acceptors (Lipinski definition) is 4. The van der Waals surface area contributed by atoms with Crippen molar-refractivity contribution in [3.05, 3.63) is 27.7 Å². The van der Waals surface area contributed by atoms with E-state index in [9.17, 15) is 8.42 Å². The van der Waals surface area contributed by atoms with Gasteiger partial charge in [0, 0.05) is 24.1 Å². The van der Waals surface area contributed by atoms with Crippen LogP contribution in [0.3, 0.4) is 0 Å². The second kappa shape index (κ2) is 5.88. The summed E-state index contributed by atoms with van der Waals surface area (Å²) in [4.78, 5) is 0.323. The quantitative estimate of drug-likeness (QED) is 0.891. The maximum Gasteiger partial charge on any atom is 0.243 e. The van der Waals surface area contributed by atoms with Crippen molar-refractivity contribution in [1.82, 2.24) is 4.31 Å². The third-order valence-corrected chi connectivity index (χ3v) is 6.03. The van der Waals surface area contributed by atoms with Crippen LogP contribution in [0, 0.1) is 6.92 Å². The van der Waals surface area contributed by atoms with Crippen molar-refractivity contribution in [2.24, 2.45) is 5.73 Å². The van der Waals surface area contributed by atoms with Crippen LogP contribution in [0.4, 0.5) is 0 Å². The van der Waals surface area contributed by atoms with E-state index < -0.39 is 10.0 Å². The molecule has 0 spiro atoms. The van der Waals surface area contributed by atoms with Crippen LogP contribution in [-0.4, -0.2) is 39.0 Å². The Balaban J connectivity index is 2.47. The summed E-state index contributed by atoms with van der Waals surface area (Å²) in [6.45, 7) is 3.77. The van der Waals surface area contributed by atoms with Gasteiger partial charge in [-0.15, -0.1) is 0 Å². The molecule has 7 heteroatoms. The fourth-order valence-corrected chi connectivity index (χ4v) is 4.36. The molecule has 1 heterocycles. The summed E-state index contributed by atoms with van der Waals surface area (Å²) in [6, 6.07) is 3.51. The van der Waals surface area contributed by atoms with E-state index in [0.717, 1.165) is 10.0 Å². The Hall–Kier alpha value is -0.470. The van der Waals surface area contributed by atoms with E-state index >= 15 is 0 Å². The minimum atomic E-state index is -3.48. The molecule has 1 aliphatic rings. The van der Waals surface area contributed by atoms with Gasteiger partial charge in [0.15, 0.2) is 0 Å². The van der Waals surface area contributed by atoms with Gasteiger partial charge in [0.25, 0.3) is 0 Å². The predicted molar refractivity (Wildman–Crippen MR) is 76.3 cm³/mol. The summed E-state index contributed by atoms with van der Waals surface area (Å²) >= 11 is 3.39. The van der Waals surface area contributed by atoms with Crippen molar-refractivity contribution >= 4 is 26.0 Å². The van der Waals surface area contributed by atoms with Crippen LogP contribution in [-0.2, 0) is 21.3 Å². The molecule has 0 aromatic heterocycles. The fourth-order valence-electron chi connectivity index (χ4n) is 2.02. The van der Waals surface area contributed by atoms with Crippen molar-refractivity contribution in [2.75, 3.05) is 26.3 Å². The van der Waals surface area contributed by atoms with Crippen LogP contribution in [0.25, 0.3) is 0 Å². The molecule has 0 atom stereocenters. The molecule has 2 N–H and O–H groups in total. The summed E-state index contributed by atoms with van der Waals surface area (Å²) in [5.41, 5.74) is 7.12. The number of rotatable bonds is 3. The lowest BCUT2D eigenvalue weighted by Crippen LogP contribution is -2.40. The molecule has 0 amide bonds. The Kier molecular flexibility index (Phi) is 4.62. The van der Waals surface area contributed by atoms with Crippen molar-refractivity contribution in [2.45, 2.75) is 18.4 Å². The standard InChI is InChI=1S/C12H17BrN2O3S/c1-9-11(13)6-10(8-14)7-12(9)19(16,17)15-2-4-18-5-3-15/h6-7H,2-5,8,14H2,1H3. The van der Waals surface area contributed by atoms with Gasteiger partial charge < -0.3 is 10.5 Å². The molecule has 19 heavy (non-hydrogen) atoms. The van der Waals surface area contributed by atoms with Crippen LogP contribution in [0.1, 0.15) is 11.1 Å². The first-order valence-corrected chi connectivity index (χ1v) is 8.27. The molecule has 0 aliphatic carbocycles. The zero-order valence-corrected chi connectivity index (χ0v) is 13.1. The van der Waals surface area contributed by atoms with Crippen LogP contribution < -0.4 is 5.73 Å². The second-order valence-electron chi connectivity index (χ2n) is 4.42. The lowest BCUT2D eigenvalue weighted by atomic mass is 10.1. The van der Waals surface area contributed by atoms with E-state index in [2.05, 4.69) is 15.9 Å². The van der Waals surface area contributed by atoms with Gasteiger partial charge >= 0.3 is 0 Å². The number of hydrogen-bond donors (Lipinski definition) is 1. The van der Waals surface area contributed by atoms with Gasteiger partial charge in [0.05, 0.1) is 18.1 Å². The first kappa shape index (κ1) is 14.9. The number of halogens is 1. The summed E-state index contributed by atoms with van der Waals surface area (Å²) in [6.07, 6.45) is 0. The minimum absolute atomic E-state index is 0.310. The molecular formula is C12H17BrN2O3S. The Bertz CT molecular complexity index is 569. The van der Waals surface area contributed by atoms with Crippen molar-refractivity contribution in [3.63, 3.8) is 0 Å². The zero-order chi connectivity index (χ0) is 14.0. The normalized spacial score (nSPS) is 17.6. The number of benzene rings is 1. The van der Waals surface area contributed by atoms with Gasteiger partial charge in [-0.1, -0.05) is 15.9 Å². The maximum atomic E-state index is 12.6. The molecule has 1 aliphatic heterocycles. The van der Waals surface area contributed by atoms with Gasteiger partial charge in [0.1, 0.15) is 0 Å². The lowest BCUT2D eigenvalue weighted by molar-refractivity contribution is 0.0730. The molecular weight excluding hydrogens is 332 g/mol. The van der Waals surface area contributed by atoms with Crippen LogP contribution in [0.2, 0.25) is 0 Å². The van der Waals surface area contributed by atoms with E-state index in [1.165, 1.54) is 4.31 Å². The van der Waals surface area contributed by atoms with E-state index in [4.69, 9.17) is 10.5 Å². The Labute approximate surface area is 121 Å². The molecule has 1 fully saturated rings. The maximum absolute atomic E-state index is 12.6. The van der Waals surface area contributed by atoms with Crippen LogP contribution in [0.5, 0.6) is 0 Å². The van der Waals surface area contributed by atoms with Crippen molar-refractivity contribution < 1.29 is 13.2 Å². The Morgan fingerprint density at radius 3 is 2.58 bits per heavy atom. The number of nitrogens with zero attached hydrogens (tertiary/aromatic N) is 1. The monoisotopic (exact) mass is 348 g/mol. The third-order valence-electron chi connectivity index (χ3n) is 3.18. The molecule has 1 aromatic carbocycles. The zero-order valence-electron chi connectivity index (χ0n) is 10.7. The number of morpholine rings is 1. The number of ether oxygens (including phenoxy) is 1. The van der Waals surface area contributed by atoms with E-state index in [0.29, 0.717) is 43.3 Å². The van der Waals surface area contributed by atoms with Gasteiger partial charge in [-0.2, -0.15) is 4.31 Å². The molecule has 2 rings (SSSR count). The summed E-state index contributed by atoms with van der Waals surface area (Å²) in [7, 11) is -3.48. The summed E-state index contributed by atoms with van der Waals surface area (Å²) in [5.74, 6) is 0. The predicted octanol–water partition coefficient (Wildman–Crippen LogP) is 1.24. The average Bonchev–Trinajstić information content (AvgIpc) is 2.42. The van der Waals surface area contributed by atoms with Crippen molar-refractivity contribution in [1.29, 1.82) is 0 Å². The first-order valence-electron chi connectivity index (χ1n) is 6.04. The Morgan fingerprint density at radius 2 is 2.00 bits per heavy atom. The SMILES string of the molecule is Cc1c(Br)cc(CN)cc1S(=O)(=O)N1CCOCC1. The Morgan fingerprint density at radius 1 is 1.37 bits per heavy atom. The van der Waals surface area contributed by atoms with Crippen LogP contribution in [0.15, 0.2) is 21.5 Å². The molecule has 1 saturated heterocycles. The van der Waals surface area contributed by atoms with Gasteiger partial charge in [-0.05, 0) is 30.2 Å². The first-order chi connectivity index (χ1) is 8.96. The van der Waals surface area contributed by atoms with E-state index in [1.807, 2.05) is 6.07 Å². The highest BCUT2D eigenvalue weighted by molar-refractivity contribution is 9.10. The molecule has 5 nitrogen and oxygen atoms in total. The number of sulfonamides is 1. The third kappa shape index (κ3) is 3.00. The van der Waals surface area contributed by atoms with Crippen molar-refractivity contribution in [3.8, 4) is 0 Å².